The van der Waals surface area contributed by atoms with Crippen LogP contribution in [0.3, 0.4) is 0 Å². The molecule has 0 bridgehead atoms. The highest BCUT2D eigenvalue weighted by Crippen LogP contribution is 2.55. The molecule has 0 fully saturated rings. The second-order valence-electron chi connectivity index (χ2n) is 11.6. The molecule has 302 valence electrons. The Bertz CT molecular complexity index is 1690. The van der Waals surface area contributed by atoms with Gasteiger partial charge in [0.15, 0.2) is 0 Å². The number of rotatable bonds is 4. The Morgan fingerprint density at radius 2 is 0.625 bits per heavy atom. The van der Waals surface area contributed by atoms with Crippen molar-refractivity contribution >= 4 is 0 Å². The highest BCUT2D eigenvalue weighted by atomic mass is 15.1. The molecule has 6 aromatic rings. The minimum atomic E-state index is -0.254. The first-order valence-corrected chi connectivity index (χ1v) is 21.8. The second kappa shape index (κ2) is 30.5. The maximum atomic E-state index is 2.29. The number of nitrogens with zero attached hydrogens (tertiary/aromatic N) is 1. The molecule has 0 aromatic heterocycles. The van der Waals surface area contributed by atoms with Crippen LogP contribution < -0.4 is 0 Å². The molecule has 1 nitrogen and oxygen atoms in total. The maximum absolute atomic E-state index is 2.29. The largest absolute Gasteiger partial charge is 0.307 e. The van der Waals surface area contributed by atoms with E-state index in [0.717, 1.165) is 19.5 Å². The van der Waals surface area contributed by atoms with Gasteiger partial charge in [0, 0.05) is 0 Å². The van der Waals surface area contributed by atoms with Gasteiger partial charge in [0.2, 0.25) is 0 Å². The SMILES string of the molecule is CC.CC.CC.CC.CC.CC.CCN(C)CC.c1ccc(C2(c3ccccc3)c3ccccc3-c3ccccc32)cc1.c1ccc2c(c1)Cc1ccccc1-2. The zero-order valence-electron chi connectivity index (χ0n) is 38.1. The van der Waals surface area contributed by atoms with Crippen LogP contribution in [0.1, 0.15) is 130 Å². The van der Waals surface area contributed by atoms with E-state index in [9.17, 15) is 0 Å². The Morgan fingerprint density at radius 3 is 0.929 bits per heavy atom. The van der Waals surface area contributed by atoms with E-state index in [2.05, 4.69) is 184 Å². The van der Waals surface area contributed by atoms with Crippen molar-refractivity contribution in [3.05, 3.63) is 191 Å². The van der Waals surface area contributed by atoms with E-state index >= 15 is 0 Å². The van der Waals surface area contributed by atoms with E-state index in [4.69, 9.17) is 0 Å². The molecule has 0 unspecified atom stereocenters. The van der Waals surface area contributed by atoms with Crippen molar-refractivity contribution < 1.29 is 0 Å². The molecule has 56 heavy (non-hydrogen) atoms. The summed E-state index contributed by atoms with van der Waals surface area (Å²) in [6.07, 6.45) is 1.10. The fourth-order valence-corrected chi connectivity index (χ4v) is 6.70. The van der Waals surface area contributed by atoms with Crippen LogP contribution in [0.5, 0.6) is 0 Å². The average molecular weight is 752 g/mol. The van der Waals surface area contributed by atoms with Crippen molar-refractivity contribution in [3.63, 3.8) is 0 Å². The number of fused-ring (bicyclic) bond motifs is 6. The van der Waals surface area contributed by atoms with Gasteiger partial charge in [-0.2, -0.15) is 0 Å². The second-order valence-corrected chi connectivity index (χ2v) is 11.6. The Hall–Kier alpha value is -4.72. The van der Waals surface area contributed by atoms with Gasteiger partial charge in [-0.3, -0.25) is 0 Å². The molecule has 0 spiro atoms. The van der Waals surface area contributed by atoms with Crippen molar-refractivity contribution in [2.75, 3.05) is 20.1 Å². The fourth-order valence-electron chi connectivity index (χ4n) is 6.70. The standard InChI is InChI=1S/C25H18.C13H10.C5H13N.6C2H6/c1-3-11-19(12-4-1)25(20-13-5-2-6-14-20)23-17-9-7-15-21(23)22-16-8-10-18-24(22)25;1-3-7-12-10(5-1)9-11-6-2-4-8-13(11)12;1-4-6(3)5-2;6*1-2/h1-18H;1-8H,9H2;4-5H2,1-3H3;6*1-2H3. The Morgan fingerprint density at radius 1 is 0.357 bits per heavy atom. The van der Waals surface area contributed by atoms with Crippen molar-refractivity contribution in [2.24, 2.45) is 0 Å². The third kappa shape index (κ3) is 12.7. The predicted octanol–water partition coefficient (Wildman–Crippen LogP) is 16.4. The van der Waals surface area contributed by atoms with E-state index in [1.54, 1.807) is 0 Å². The Kier molecular flexibility index (Phi) is 27.9. The van der Waals surface area contributed by atoms with E-state index in [1.807, 2.05) is 83.1 Å². The third-order valence-electron chi connectivity index (χ3n) is 9.15. The minimum absolute atomic E-state index is 0.254. The first-order chi connectivity index (χ1) is 27.7. The normalized spacial score (nSPS) is 10.8. The van der Waals surface area contributed by atoms with Crippen LogP contribution in [0.4, 0.5) is 0 Å². The predicted molar refractivity (Wildman–Crippen MR) is 255 cm³/mol. The zero-order chi connectivity index (χ0) is 42.4. The number of benzene rings is 6. The summed E-state index contributed by atoms with van der Waals surface area (Å²) in [5.41, 5.74) is 13.6. The van der Waals surface area contributed by atoms with Crippen LogP contribution in [0, 0.1) is 0 Å². The lowest BCUT2D eigenvalue weighted by Crippen LogP contribution is -2.28. The van der Waals surface area contributed by atoms with Crippen LogP contribution in [-0.4, -0.2) is 25.0 Å². The van der Waals surface area contributed by atoms with Gasteiger partial charge in [0.1, 0.15) is 0 Å². The van der Waals surface area contributed by atoms with Gasteiger partial charge < -0.3 is 4.90 Å². The summed E-state index contributed by atoms with van der Waals surface area (Å²) in [5, 5.41) is 0. The lowest BCUT2D eigenvalue weighted by atomic mass is 9.68. The first kappa shape index (κ1) is 51.3. The summed E-state index contributed by atoms with van der Waals surface area (Å²) < 4.78 is 0. The highest BCUT2D eigenvalue weighted by molar-refractivity contribution is 5.86. The molecular formula is C55H77N. The van der Waals surface area contributed by atoms with Crippen LogP contribution in [0.15, 0.2) is 158 Å². The quantitative estimate of drug-likeness (QED) is 0.173. The molecular weight excluding hydrogens is 675 g/mol. The average Bonchev–Trinajstić information content (AvgIpc) is 3.85. The summed E-state index contributed by atoms with van der Waals surface area (Å²) in [7, 11) is 2.11. The van der Waals surface area contributed by atoms with Crippen LogP contribution >= 0.6 is 0 Å². The Balaban J connectivity index is 0.000000822. The molecule has 0 N–H and O–H groups in total. The maximum Gasteiger partial charge on any atom is 0.0713 e. The topological polar surface area (TPSA) is 3.24 Å². The van der Waals surface area contributed by atoms with Gasteiger partial charge in [0.25, 0.3) is 0 Å². The summed E-state index contributed by atoms with van der Waals surface area (Å²) >= 11 is 0. The summed E-state index contributed by atoms with van der Waals surface area (Å²) in [6, 6.07) is 56.8. The van der Waals surface area contributed by atoms with Gasteiger partial charge in [-0.15, -0.1) is 0 Å². The van der Waals surface area contributed by atoms with Crippen LogP contribution in [-0.2, 0) is 11.8 Å². The van der Waals surface area contributed by atoms with Crippen molar-refractivity contribution in [3.8, 4) is 22.3 Å². The molecule has 0 aliphatic heterocycles. The lowest BCUT2D eigenvalue weighted by molar-refractivity contribution is 0.373. The van der Waals surface area contributed by atoms with Crippen LogP contribution in [0.25, 0.3) is 22.3 Å². The summed E-state index contributed by atoms with van der Waals surface area (Å²) in [6.45, 7) is 30.6. The number of hydrogen-bond acceptors (Lipinski definition) is 1. The highest BCUT2D eigenvalue weighted by Gasteiger charge is 2.45. The molecule has 8 rings (SSSR count). The van der Waals surface area contributed by atoms with Crippen LogP contribution in [0.2, 0.25) is 0 Å². The molecule has 1 heteroatoms. The zero-order valence-corrected chi connectivity index (χ0v) is 38.1. The number of hydrogen-bond donors (Lipinski definition) is 0. The van der Waals surface area contributed by atoms with Gasteiger partial charge in [-0.1, -0.05) is 255 Å². The van der Waals surface area contributed by atoms with Gasteiger partial charge >= 0.3 is 0 Å². The molecule has 0 saturated heterocycles. The fraction of sp³-hybridized carbons (Fsp3) is 0.345. The van der Waals surface area contributed by atoms with Crippen molar-refractivity contribution in [1.29, 1.82) is 0 Å². The molecule has 2 aliphatic carbocycles. The van der Waals surface area contributed by atoms with Gasteiger partial charge in [0.05, 0.1) is 5.41 Å². The van der Waals surface area contributed by atoms with E-state index < -0.39 is 0 Å². The monoisotopic (exact) mass is 752 g/mol. The van der Waals surface area contributed by atoms with E-state index in [-0.39, 0.29) is 5.41 Å². The third-order valence-corrected chi connectivity index (χ3v) is 9.15. The smallest absolute Gasteiger partial charge is 0.0713 e. The molecule has 0 saturated carbocycles. The molecule has 0 amide bonds. The first-order valence-electron chi connectivity index (χ1n) is 21.8. The van der Waals surface area contributed by atoms with Gasteiger partial charge in [-0.25, -0.2) is 0 Å². The molecule has 0 atom stereocenters. The van der Waals surface area contributed by atoms with Crippen molar-refractivity contribution in [2.45, 2.75) is 109 Å². The van der Waals surface area contributed by atoms with E-state index in [1.165, 1.54) is 55.6 Å². The molecule has 6 aromatic carbocycles. The van der Waals surface area contributed by atoms with E-state index in [0.29, 0.717) is 0 Å². The Labute approximate surface area is 345 Å². The molecule has 2 aliphatic rings. The van der Waals surface area contributed by atoms with Gasteiger partial charge in [-0.05, 0) is 82.2 Å². The lowest BCUT2D eigenvalue weighted by Gasteiger charge is -2.33. The molecule has 0 radical (unpaired) electrons. The van der Waals surface area contributed by atoms with Crippen molar-refractivity contribution in [1.82, 2.24) is 4.90 Å². The minimum Gasteiger partial charge on any atom is -0.307 e. The summed E-state index contributed by atoms with van der Waals surface area (Å²) in [5.74, 6) is 0. The summed E-state index contributed by atoms with van der Waals surface area (Å²) in [4.78, 5) is 2.25. The molecule has 0 heterocycles.